The van der Waals surface area contributed by atoms with Crippen molar-refractivity contribution in [2.45, 2.75) is 32.4 Å². The highest BCUT2D eigenvalue weighted by molar-refractivity contribution is 5.40. The molecule has 1 unspecified atom stereocenters. The molecule has 2 N–H and O–H groups in total. The fourth-order valence-electron chi connectivity index (χ4n) is 2.88. The summed E-state index contributed by atoms with van der Waals surface area (Å²) in [6, 6.07) is 10.7. The number of rotatable bonds is 1. The minimum Gasteiger partial charge on any atom is -0.485 e. The molecule has 0 aliphatic carbocycles. The molecule has 0 saturated heterocycles. The Morgan fingerprint density at radius 1 is 1.10 bits per heavy atom. The second-order valence-electron chi connectivity index (χ2n) is 5.55. The van der Waals surface area contributed by atoms with Crippen LogP contribution in [-0.4, -0.2) is 0 Å². The van der Waals surface area contributed by atoms with Gasteiger partial charge in [-0.15, -0.1) is 0 Å². The van der Waals surface area contributed by atoms with E-state index in [0.29, 0.717) is 12.2 Å². The van der Waals surface area contributed by atoms with Gasteiger partial charge in [-0.3, -0.25) is 0 Å². The van der Waals surface area contributed by atoms with E-state index in [0.717, 1.165) is 11.1 Å². The van der Waals surface area contributed by atoms with E-state index >= 15 is 0 Å². The van der Waals surface area contributed by atoms with Gasteiger partial charge in [-0.1, -0.05) is 29.3 Å². The first kappa shape index (κ1) is 13.1. The number of fused-ring (bicyclic) bond motifs is 1. The molecule has 0 fully saturated rings. The molecular weight excluding hydrogens is 253 g/mol. The molecule has 0 amide bonds. The SMILES string of the molecule is Cc1cc(C)cc(C2C[C@H](N)c3cc(F)ccc3O2)c1. The molecule has 2 atom stereocenters. The average Bonchev–Trinajstić information content (AvgIpc) is 2.38. The van der Waals surface area contributed by atoms with Gasteiger partial charge in [0.15, 0.2) is 0 Å². The molecule has 0 saturated carbocycles. The van der Waals surface area contributed by atoms with E-state index in [9.17, 15) is 4.39 Å². The van der Waals surface area contributed by atoms with Crippen molar-refractivity contribution in [2.75, 3.05) is 0 Å². The highest BCUT2D eigenvalue weighted by atomic mass is 19.1. The van der Waals surface area contributed by atoms with Gasteiger partial charge in [0.25, 0.3) is 0 Å². The van der Waals surface area contributed by atoms with Gasteiger partial charge in [0.2, 0.25) is 0 Å². The third-order valence-electron chi connectivity index (χ3n) is 3.72. The first-order valence-corrected chi connectivity index (χ1v) is 6.83. The van der Waals surface area contributed by atoms with Crippen LogP contribution in [0, 0.1) is 19.7 Å². The molecule has 104 valence electrons. The van der Waals surface area contributed by atoms with Crippen LogP contribution >= 0.6 is 0 Å². The molecule has 0 radical (unpaired) electrons. The number of hydrogen-bond acceptors (Lipinski definition) is 2. The van der Waals surface area contributed by atoms with E-state index in [1.165, 1.54) is 23.3 Å². The van der Waals surface area contributed by atoms with Gasteiger partial charge < -0.3 is 10.5 Å². The van der Waals surface area contributed by atoms with Gasteiger partial charge >= 0.3 is 0 Å². The van der Waals surface area contributed by atoms with E-state index in [1.807, 2.05) is 0 Å². The highest BCUT2D eigenvalue weighted by Gasteiger charge is 2.27. The number of aryl methyl sites for hydroxylation is 2. The van der Waals surface area contributed by atoms with Gasteiger partial charge in [0.05, 0.1) is 0 Å². The zero-order chi connectivity index (χ0) is 14.3. The maximum Gasteiger partial charge on any atom is 0.126 e. The molecule has 0 spiro atoms. The van der Waals surface area contributed by atoms with Crippen molar-refractivity contribution in [3.05, 3.63) is 64.5 Å². The monoisotopic (exact) mass is 271 g/mol. The van der Waals surface area contributed by atoms with Crippen LogP contribution in [0.3, 0.4) is 0 Å². The van der Waals surface area contributed by atoms with E-state index in [4.69, 9.17) is 10.5 Å². The number of ether oxygens (including phenoxy) is 1. The Bertz CT molecular complexity index is 633. The molecule has 3 rings (SSSR count). The lowest BCUT2D eigenvalue weighted by Gasteiger charge is -2.31. The van der Waals surface area contributed by atoms with Gasteiger partial charge in [0.1, 0.15) is 17.7 Å². The van der Waals surface area contributed by atoms with Gasteiger partial charge in [-0.25, -0.2) is 4.39 Å². The lowest BCUT2D eigenvalue weighted by molar-refractivity contribution is 0.161. The summed E-state index contributed by atoms with van der Waals surface area (Å²) in [4.78, 5) is 0. The van der Waals surface area contributed by atoms with Crippen molar-refractivity contribution >= 4 is 0 Å². The van der Waals surface area contributed by atoms with Gasteiger partial charge in [-0.05, 0) is 37.6 Å². The van der Waals surface area contributed by atoms with Crippen molar-refractivity contribution in [2.24, 2.45) is 5.73 Å². The van der Waals surface area contributed by atoms with Crippen LogP contribution in [0.1, 0.15) is 40.8 Å². The molecule has 2 aromatic carbocycles. The third-order valence-corrected chi connectivity index (χ3v) is 3.72. The highest BCUT2D eigenvalue weighted by Crippen LogP contribution is 2.40. The average molecular weight is 271 g/mol. The van der Waals surface area contributed by atoms with Crippen molar-refractivity contribution in [3.63, 3.8) is 0 Å². The second kappa shape index (κ2) is 4.91. The van der Waals surface area contributed by atoms with Crippen LogP contribution in [0.5, 0.6) is 5.75 Å². The summed E-state index contributed by atoms with van der Waals surface area (Å²) in [6.07, 6.45) is 0.598. The maximum atomic E-state index is 13.3. The largest absolute Gasteiger partial charge is 0.485 e. The summed E-state index contributed by atoms with van der Waals surface area (Å²) in [5, 5.41) is 0. The fourth-order valence-corrected chi connectivity index (χ4v) is 2.88. The van der Waals surface area contributed by atoms with E-state index < -0.39 is 0 Å². The molecule has 2 aromatic rings. The van der Waals surface area contributed by atoms with Crippen molar-refractivity contribution in [3.8, 4) is 5.75 Å². The van der Waals surface area contributed by atoms with Crippen LogP contribution in [-0.2, 0) is 0 Å². The van der Waals surface area contributed by atoms with Crippen LogP contribution in [0.4, 0.5) is 4.39 Å². The predicted octanol–water partition coefficient (Wildman–Crippen LogP) is 3.97. The minimum atomic E-state index is -0.271. The Balaban J connectivity index is 1.96. The van der Waals surface area contributed by atoms with Gasteiger partial charge in [-0.2, -0.15) is 0 Å². The first-order chi connectivity index (χ1) is 9.52. The molecule has 1 aliphatic heterocycles. The Hall–Kier alpha value is -1.87. The Morgan fingerprint density at radius 2 is 1.80 bits per heavy atom. The maximum absolute atomic E-state index is 13.3. The molecule has 3 heteroatoms. The Morgan fingerprint density at radius 3 is 2.50 bits per heavy atom. The molecule has 1 aliphatic rings. The quantitative estimate of drug-likeness (QED) is 0.852. The van der Waals surface area contributed by atoms with Crippen molar-refractivity contribution < 1.29 is 9.13 Å². The normalized spacial score (nSPS) is 21.2. The predicted molar refractivity (Wildman–Crippen MR) is 77.2 cm³/mol. The fraction of sp³-hybridized carbons (Fsp3) is 0.294. The topological polar surface area (TPSA) is 35.2 Å². The molecule has 1 heterocycles. The Kier molecular flexibility index (Phi) is 3.22. The zero-order valence-corrected chi connectivity index (χ0v) is 11.7. The summed E-state index contributed by atoms with van der Waals surface area (Å²) in [7, 11) is 0. The molecular formula is C17H18FNO. The van der Waals surface area contributed by atoms with E-state index in [1.54, 1.807) is 6.07 Å². The van der Waals surface area contributed by atoms with E-state index in [-0.39, 0.29) is 18.0 Å². The van der Waals surface area contributed by atoms with Crippen LogP contribution in [0.2, 0.25) is 0 Å². The molecule has 0 aromatic heterocycles. The number of hydrogen-bond donors (Lipinski definition) is 1. The number of benzene rings is 2. The van der Waals surface area contributed by atoms with E-state index in [2.05, 4.69) is 32.0 Å². The summed E-state index contributed by atoms with van der Waals surface area (Å²) in [5.41, 5.74) is 10.5. The van der Waals surface area contributed by atoms with Crippen molar-refractivity contribution in [1.29, 1.82) is 0 Å². The van der Waals surface area contributed by atoms with Crippen LogP contribution in [0.25, 0.3) is 0 Å². The van der Waals surface area contributed by atoms with Crippen molar-refractivity contribution in [1.82, 2.24) is 0 Å². The molecule has 2 nitrogen and oxygen atoms in total. The smallest absolute Gasteiger partial charge is 0.126 e. The Labute approximate surface area is 118 Å². The molecule has 20 heavy (non-hydrogen) atoms. The number of nitrogens with two attached hydrogens (primary N) is 1. The van der Waals surface area contributed by atoms with Crippen LogP contribution < -0.4 is 10.5 Å². The third kappa shape index (κ3) is 2.41. The summed E-state index contributed by atoms with van der Waals surface area (Å²) in [5.74, 6) is 0.418. The first-order valence-electron chi connectivity index (χ1n) is 6.83. The standard InChI is InChI=1S/C17H18FNO/c1-10-5-11(2)7-12(6-10)17-9-15(19)14-8-13(18)3-4-16(14)20-17/h3-8,15,17H,9,19H2,1-2H3/t15-,17?/m0/s1. The lowest BCUT2D eigenvalue weighted by atomic mass is 9.92. The zero-order valence-electron chi connectivity index (χ0n) is 11.7. The minimum absolute atomic E-state index is 0.0680. The number of halogens is 1. The van der Waals surface area contributed by atoms with Crippen LogP contribution in [0.15, 0.2) is 36.4 Å². The summed E-state index contributed by atoms with van der Waals surface area (Å²) < 4.78 is 19.3. The second-order valence-corrected chi connectivity index (χ2v) is 5.55. The lowest BCUT2D eigenvalue weighted by Crippen LogP contribution is -2.24. The summed E-state index contributed by atoms with van der Waals surface area (Å²) >= 11 is 0. The summed E-state index contributed by atoms with van der Waals surface area (Å²) in [6.45, 7) is 4.14. The van der Waals surface area contributed by atoms with Gasteiger partial charge in [0, 0.05) is 18.0 Å². The molecule has 0 bridgehead atoms.